The number of carbonyl (C=O) groups excluding carboxylic acids is 2. The van der Waals surface area contributed by atoms with Crippen molar-refractivity contribution in [2.24, 2.45) is 11.8 Å². The molecule has 1 aliphatic heterocycles. The Balaban J connectivity index is 2.34. The molecule has 0 aromatic rings. The number of nitrogens with zero attached hydrogens (tertiary/aromatic N) is 1. The molecule has 0 aromatic heterocycles. The molecule has 3 unspecified atom stereocenters. The standard InChI is InChI=1S/C14H21F3N2O2/c1-4-8(2)10-11(20)18-13(3,9-5-6-9)12(21)19(10)7-14(15,16)17/h8-10H,4-7H2,1-3H3,(H,18,20). The Hall–Kier alpha value is -1.27. The van der Waals surface area contributed by atoms with E-state index in [4.69, 9.17) is 0 Å². The highest BCUT2D eigenvalue weighted by Gasteiger charge is 2.57. The predicted molar refractivity (Wildman–Crippen MR) is 70.3 cm³/mol. The number of alkyl halides is 3. The minimum atomic E-state index is -4.51. The Morgan fingerprint density at radius 2 is 1.95 bits per heavy atom. The van der Waals surface area contributed by atoms with Gasteiger partial charge in [-0.3, -0.25) is 9.59 Å². The first-order valence-electron chi connectivity index (χ1n) is 7.30. The topological polar surface area (TPSA) is 49.4 Å². The second-order valence-corrected chi connectivity index (χ2v) is 6.34. The number of piperazine rings is 1. The lowest BCUT2D eigenvalue weighted by Gasteiger charge is -2.46. The van der Waals surface area contributed by atoms with Gasteiger partial charge in [0, 0.05) is 0 Å². The molecule has 0 bridgehead atoms. The molecule has 3 atom stereocenters. The molecular formula is C14H21F3N2O2. The summed E-state index contributed by atoms with van der Waals surface area (Å²) < 4.78 is 38.5. The number of rotatable bonds is 4. The average molecular weight is 306 g/mol. The van der Waals surface area contributed by atoms with Crippen molar-refractivity contribution in [3.63, 3.8) is 0 Å². The maximum atomic E-state index is 12.8. The normalized spacial score (nSPS) is 32.1. The molecule has 1 heterocycles. The van der Waals surface area contributed by atoms with E-state index in [1.807, 2.05) is 0 Å². The van der Waals surface area contributed by atoms with E-state index in [9.17, 15) is 22.8 Å². The summed E-state index contributed by atoms with van der Waals surface area (Å²) in [5.74, 6) is -1.45. The number of hydrogen-bond acceptors (Lipinski definition) is 2. The maximum absolute atomic E-state index is 12.8. The van der Waals surface area contributed by atoms with Crippen LogP contribution in [0.2, 0.25) is 0 Å². The molecule has 1 N–H and O–H groups in total. The molecular weight excluding hydrogens is 285 g/mol. The fourth-order valence-electron chi connectivity index (χ4n) is 3.04. The monoisotopic (exact) mass is 306 g/mol. The maximum Gasteiger partial charge on any atom is 0.406 e. The average Bonchev–Trinajstić information content (AvgIpc) is 3.18. The van der Waals surface area contributed by atoms with E-state index in [0.717, 1.165) is 17.7 Å². The van der Waals surface area contributed by atoms with Gasteiger partial charge in [-0.05, 0) is 31.6 Å². The van der Waals surface area contributed by atoms with Crippen LogP contribution in [0.3, 0.4) is 0 Å². The molecule has 21 heavy (non-hydrogen) atoms. The Morgan fingerprint density at radius 3 is 2.38 bits per heavy atom. The van der Waals surface area contributed by atoms with Gasteiger partial charge in [-0.2, -0.15) is 13.2 Å². The molecule has 1 saturated carbocycles. The van der Waals surface area contributed by atoms with Gasteiger partial charge >= 0.3 is 6.18 Å². The third-order valence-electron chi connectivity index (χ3n) is 4.62. The van der Waals surface area contributed by atoms with Crippen molar-refractivity contribution in [3.8, 4) is 0 Å². The van der Waals surface area contributed by atoms with Crippen molar-refractivity contribution in [1.82, 2.24) is 10.2 Å². The Bertz CT molecular complexity index is 448. The summed E-state index contributed by atoms with van der Waals surface area (Å²) in [6.45, 7) is 3.67. The molecule has 2 aliphatic rings. The van der Waals surface area contributed by atoms with Gasteiger partial charge in [0.25, 0.3) is 0 Å². The third kappa shape index (κ3) is 3.01. The van der Waals surface area contributed by atoms with Gasteiger partial charge in [-0.1, -0.05) is 20.3 Å². The van der Waals surface area contributed by atoms with Crippen LogP contribution in [-0.2, 0) is 9.59 Å². The van der Waals surface area contributed by atoms with Crippen molar-refractivity contribution in [3.05, 3.63) is 0 Å². The summed E-state index contributed by atoms with van der Waals surface area (Å²) >= 11 is 0. The van der Waals surface area contributed by atoms with E-state index in [0.29, 0.717) is 6.42 Å². The van der Waals surface area contributed by atoms with Gasteiger partial charge in [0.15, 0.2) is 0 Å². The van der Waals surface area contributed by atoms with E-state index >= 15 is 0 Å². The zero-order valence-corrected chi connectivity index (χ0v) is 12.5. The summed E-state index contributed by atoms with van der Waals surface area (Å²) in [6.07, 6.45) is -2.46. The van der Waals surface area contributed by atoms with E-state index in [2.05, 4.69) is 5.32 Å². The van der Waals surface area contributed by atoms with Crippen LogP contribution in [0.4, 0.5) is 13.2 Å². The Labute approximate surface area is 122 Å². The molecule has 120 valence electrons. The molecule has 2 amide bonds. The smallest absolute Gasteiger partial charge is 0.340 e. The van der Waals surface area contributed by atoms with Crippen molar-refractivity contribution >= 4 is 11.8 Å². The van der Waals surface area contributed by atoms with Crippen LogP contribution in [0.15, 0.2) is 0 Å². The Kier molecular flexibility index (Phi) is 3.97. The van der Waals surface area contributed by atoms with E-state index in [1.54, 1.807) is 20.8 Å². The molecule has 0 aromatic carbocycles. The van der Waals surface area contributed by atoms with Gasteiger partial charge in [-0.25, -0.2) is 0 Å². The SMILES string of the molecule is CCC(C)C1C(=O)NC(C)(C2CC2)C(=O)N1CC(F)(F)F. The Morgan fingerprint density at radius 1 is 1.38 bits per heavy atom. The molecule has 2 rings (SSSR count). The quantitative estimate of drug-likeness (QED) is 0.864. The van der Waals surface area contributed by atoms with Crippen LogP contribution < -0.4 is 5.32 Å². The van der Waals surface area contributed by atoms with Crippen LogP contribution in [0, 0.1) is 11.8 Å². The molecule has 4 nitrogen and oxygen atoms in total. The van der Waals surface area contributed by atoms with Crippen LogP contribution >= 0.6 is 0 Å². The highest BCUT2D eigenvalue weighted by atomic mass is 19.4. The molecule has 1 saturated heterocycles. The minimum Gasteiger partial charge on any atom is -0.340 e. The zero-order valence-electron chi connectivity index (χ0n) is 12.5. The highest BCUT2D eigenvalue weighted by Crippen LogP contribution is 2.43. The summed E-state index contributed by atoms with van der Waals surface area (Å²) in [4.78, 5) is 25.6. The number of halogens is 3. The van der Waals surface area contributed by atoms with E-state index in [1.165, 1.54) is 0 Å². The number of hydrogen-bond donors (Lipinski definition) is 1. The first kappa shape index (κ1) is 16.1. The van der Waals surface area contributed by atoms with Crippen LogP contribution in [0.5, 0.6) is 0 Å². The van der Waals surface area contributed by atoms with Crippen molar-refractivity contribution in [2.45, 2.75) is 57.8 Å². The molecule has 0 spiro atoms. The first-order valence-corrected chi connectivity index (χ1v) is 7.30. The van der Waals surface area contributed by atoms with Crippen molar-refractivity contribution in [2.75, 3.05) is 6.54 Å². The molecule has 2 fully saturated rings. The second-order valence-electron chi connectivity index (χ2n) is 6.34. The third-order valence-corrected chi connectivity index (χ3v) is 4.62. The zero-order chi connectivity index (χ0) is 16.0. The fraction of sp³-hybridized carbons (Fsp3) is 0.857. The van der Waals surface area contributed by atoms with E-state index in [-0.39, 0.29) is 11.8 Å². The van der Waals surface area contributed by atoms with Crippen LogP contribution in [-0.4, -0.2) is 41.0 Å². The molecule has 0 radical (unpaired) electrons. The number of amides is 2. The summed E-state index contributed by atoms with van der Waals surface area (Å²) in [5.41, 5.74) is -1.19. The highest BCUT2D eigenvalue weighted by molar-refractivity contribution is 6.00. The second kappa shape index (κ2) is 5.18. The number of carbonyl (C=O) groups is 2. The summed E-state index contributed by atoms with van der Waals surface area (Å²) in [5, 5.41) is 2.69. The predicted octanol–water partition coefficient (Wildman–Crippen LogP) is 2.09. The fourth-order valence-corrected chi connectivity index (χ4v) is 3.04. The van der Waals surface area contributed by atoms with Crippen LogP contribution in [0.25, 0.3) is 0 Å². The summed E-state index contributed by atoms with van der Waals surface area (Å²) in [7, 11) is 0. The van der Waals surface area contributed by atoms with Gasteiger partial charge in [0.1, 0.15) is 18.1 Å². The van der Waals surface area contributed by atoms with Gasteiger partial charge < -0.3 is 10.2 Å². The van der Waals surface area contributed by atoms with E-state index < -0.39 is 36.1 Å². The number of nitrogens with one attached hydrogen (secondary N) is 1. The summed E-state index contributed by atoms with van der Waals surface area (Å²) in [6, 6.07) is -1.05. The lowest BCUT2D eigenvalue weighted by atomic mass is 9.85. The molecule has 7 heteroatoms. The van der Waals surface area contributed by atoms with Gasteiger partial charge in [0.05, 0.1) is 0 Å². The first-order chi connectivity index (χ1) is 9.60. The van der Waals surface area contributed by atoms with Gasteiger partial charge in [-0.15, -0.1) is 0 Å². The van der Waals surface area contributed by atoms with Crippen molar-refractivity contribution < 1.29 is 22.8 Å². The minimum absolute atomic E-state index is 0.0532. The lowest BCUT2D eigenvalue weighted by Crippen LogP contribution is -2.72. The van der Waals surface area contributed by atoms with Crippen LogP contribution in [0.1, 0.15) is 40.0 Å². The lowest BCUT2D eigenvalue weighted by molar-refractivity contribution is -0.180. The van der Waals surface area contributed by atoms with Crippen molar-refractivity contribution in [1.29, 1.82) is 0 Å². The molecule has 1 aliphatic carbocycles. The van der Waals surface area contributed by atoms with Gasteiger partial charge in [0.2, 0.25) is 11.8 Å². The largest absolute Gasteiger partial charge is 0.406 e.